The third kappa shape index (κ3) is 2.26. The minimum Gasteiger partial charge on any atom is -0.292 e. The SMILES string of the molecule is Cc1cccc(C(=O)C(C)Cl)c1S. The second kappa shape index (κ2) is 4.16. The van der Waals surface area contributed by atoms with Crippen molar-refractivity contribution in [1.29, 1.82) is 0 Å². The standard InChI is InChI=1S/C10H11ClOS/c1-6-4-3-5-8(10(6)13)9(12)7(2)11/h3-5,7,13H,1-2H3. The largest absolute Gasteiger partial charge is 0.292 e. The van der Waals surface area contributed by atoms with E-state index >= 15 is 0 Å². The summed E-state index contributed by atoms with van der Waals surface area (Å²) in [5, 5.41) is -0.493. The lowest BCUT2D eigenvalue weighted by Crippen LogP contribution is -2.11. The number of benzene rings is 1. The van der Waals surface area contributed by atoms with Gasteiger partial charge in [0.1, 0.15) is 0 Å². The van der Waals surface area contributed by atoms with Crippen molar-refractivity contribution < 1.29 is 4.79 Å². The van der Waals surface area contributed by atoms with Crippen molar-refractivity contribution in [2.45, 2.75) is 24.1 Å². The summed E-state index contributed by atoms with van der Waals surface area (Å²) < 4.78 is 0. The third-order valence-electron chi connectivity index (χ3n) is 1.86. The third-order valence-corrected chi connectivity index (χ3v) is 2.66. The molecule has 0 fully saturated rings. The van der Waals surface area contributed by atoms with Crippen LogP contribution in [0, 0.1) is 6.92 Å². The molecule has 0 aromatic heterocycles. The fourth-order valence-corrected chi connectivity index (χ4v) is 1.45. The maximum Gasteiger partial charge on any atom is 0.181 e. The van der Waals surface area contributed by atoms with E-state index in [-0.39, 0.29) is 5.78 Å². The van der Waals surface area contributed by atoms with E-state index in [2.05, 4.69) is 12.6 Å². The van der Waals surface area contributed by atoms with Gasteiger partial charge in [0, 0.05) is 10.5 Å². The number of alkyl halides is 1. The van der Waals surface area contributed by atoms with Crippen LogP contribution in [0.3, 0.4) is 0 Å². The summed E-state index contributed by atoms with van der Waals surface area (Å²) in [6.45, 7) is 3.58. The van der Waals surface area contributed by atoms with Gasteiger partial charge in [-0.1, -0.05) is 18.2 Å². The summed E-state index contributed by atoms with van der Waals surface area (Å²) in [5.74, 6) is -0.0737. The Balaban J connectivity index is 3.15. The Hall–Kier alpha value is -0.470. The average molecular weight is 215 g/mol. The zero-order chi connectivity index (χ0) is 10.0. The number of ketones is 1. The number of halogens is 1. The van der Waals surface area contributed by atoms with E-state index in [0.29, 0.717) is 5.56 Å². The number of carbonyl (C=O) groups excluding carboxylic acids is 1. The zero-order valence-electron chi connectivity index (χ0n) is 7.54. The van der Waals surface area contributed by atoms with E-state index in [4.69, 9.17) is 11.6 Å². The highest BCUT2D eigenvalue weighted by Crippen LogP contribution is 2.20. The van der Waals surface area contributed by atoms with E-state index in [1.165, 1.54) is 0 Å². The number of hydrogen-bond donors (Lipinski definition) is 1. The van der Waals surface area contributed by atoms with E-state index in [1.54, 1.807) is 13.0 Å². The van der Waals surface area contributed by atoms with Crippen LogP contribution in [-0.4, -0.2) is 11.2 Å². The average Bonchev–Trinajstić information content (AvgIpc) is 2.08. The minimum absolute atomic E-state index is 0.0737. The van der Waals surface area contributed by atoms with Gasteiger partial charge in [-0.3, -0.25) is 4.79 Å². The first-order chi connectivity index (χ1) is 6.04. The molecule has 1 aromatic rings. The van der Waals surface area contributed by atoms with Crippen molar-refractivity contribution in [3.8, 4) is 0 Å². The van der Waals surface area contributed by atoms with Crippen molar-refractivity contribution in [3.05, 3.63) is 29.3 Å². The fourth-order valence-electron chi connectivity index (χ4n) is 1.07. The maximum atomic E-state index is 11.5. The Morgan fingerprint density at radius 1 is 1.54 bits per heavy atom. The Morgan fingerprint density at radius 3 is 2.69 bits per heavy atom. The molecular formula is C10H11ClOS. The van der Waals surface area contributed by atoms with Crippen LogP contribution in [0.4, 0.5) is 0 Å². The highest BCUT2D eigenvalue weighted by atomic mass is 35.5. The molecular weight excluding hydrogens is 204 g/mol. The molecule has 3 heteroatoms. The van der Waals surface area contributed by atoms with Crippen LogP contribution in [0.1, 0.15) is 22.8 Å². The van der Waals surface area contributed by atoms with Gasteiger partial charge in [0.05, 0.1) is 5.38 Å². The molecule has 0 saturated heterocycles. The molecule has 13 heavy (non-hydrogen) atoms. The molecule has 0 aliphatic heterocycles. The van der Waals surface area contributed by atoms with Crippen LogP contribution in [-0.2, 0) is 0 Å². The Kier molecular flexibility index (Phi) is 3.40. The quantitative estimate of drug-likeness (QED) is 0.455. The van der Waals surface area contributed by atoms with Crippen molar-refractivity contribution in [3.63, 3.8) is 0 Å². The number of Topliss-reactive ketones (excluding diaryl/α,β-unsaturated/α-hetero) is 1. The predicted molar refractivity (Wildman–Crippen MR) is 58.1 cm³/mol. The van der Waals surface area contributed by atoms with Gasteiger partial charge in [0.2, 0.25) is 0 Å². The van der Waals surface area contributed by atoms with Crippen LogP contribution in [0.25, 0.3) is 0 Å². The highest BCUT2D eigenvalue weighted by Gasteiger charge is 2.15. The van der Waals surface area contributed by atoms with Gasteiger partial charge in [0.15, 0.2) is 5.78 Å². The molecule has 1 rings (SSSR count). The van der Waals surface area contributed by atoms with Crippen LogP contribution in [0.15, 0.2) is 23.1 Å². The molecule has 0 saturated carbocycles. The summed E-state index contributed by atoms with van der Waals surface area (Å²) in [7, 11) is 0. The summed E-state index contributed by atoms with van der Waals surface area (Å²) in [6.07, 6.45) is 0. The second-order valence-electron chi connectivity index (χ2n) is 2.95. The molecule has 1 nitrogen and oxygen atoms in total. The number of thiol groups is 1. The van der Waals surface area contributed by atoms with E-state index in [1.807, 2.05) is 19.1 Å². The van der Waals surface area contributed by atoms with Crippen LogP contribution >= 0.6 is 24.2 Å². The minimum atomic E-state index is -0.493. The fraction of sp³-hybridized carbons (Fsp3) is 0.300. The number of aryl methyl sites for hydroxylation is 1. The molecule has 0 heterocycles. The first-order valence-corrected chi connectivity index (χ1v) is 4.89. The lowest BCUT2D eigenvalue weighted by molar-refractivity contribution is 0.0989. The Labute approximate surface area is 88.5 Å². The molecule has 0 bridgehead atoms. The maximum absolute atomic E-state index is 11.5. The van der Waals surface area contributed by atoms with E-state index < -0.39 is 5.38 Å². The van der Waals surface area contributed by atoms with Gasteiger partial charge >= 0.3 is 0 Å². The van der Waals surface area contributed by atoms with Gasteiger partial charge in [-0.25, -0.2) is 0 Å². The summed E-state index contributed by atoms with van der Waals surface area (Å²) in [6, 6.07) is 5.50. The molecule has 1 atom stereocenters. The summed E-state index contributed by atoms with van der Waals surface area (Å²) in [4.78, 5) is 12.3. The first-order valence-electron chi connectivity index (χ1n) is 4.01. The number of hydrogen-bond acceptors (Lipinski definition) is 2. The topological polar surface area (TPSA) is 17.1 Å². The first kappa shape index (κ1) is 10.6. The van der Waals surface area contributed by atoms with E-state index in [9.17, 15) is 4.79 Å². The molecule has 0 aliphatic carbocycles. The summed E-state index contributed by atoms with van der Waals surface area (Å²) >= 11 is 9.97. The Morgan fingerprint density at radius 2 is 2.15 bits per heavy atom. The molecule has 0 amide bonds. The van der Waals surface area contributed by atoms with Crippen LogP contribution < -0.4 is 0 Å². The molecule has 70 valence electrons. The number of carbonyl (C=O) groups is 1. The lowest BCUT2D eigenvalue weighted by Gasteiger charge is -2.07. The Bertz CT molecular complexity index is 334. The molecule has 1 aromatic carbocycles. The van der Waals surface area contributed by atoms with E-state index in [0.717, 1.165) is 10.5 Å². The monoisotopic (exact) mass is 214 g/mol. The predicted octanol–water partition coefficient (Wildman–Crippen LogP) is 3.09. The number of rotatable bonds is 2. The zero-order valence-corrected chi connectivity index (χ0v) is 9.19. The molecule has 0 spiro atoms. The smallest absolute Gasteiger partial charge is 0.181 e. The molecule has 0 N–H and O–H groups in total. The van der Waals surface area contributed by atoms with Gasteiger partial charge in [-0.05, 0) is 19.4 Å². The van der Waals surface area contributed by atoms with Crippen LogP contribution in [0.2, 0.25) is 0 Å². The van der Waals surface area contributed by atoms with Gasteiger partial charge in [-0.2, -0.15) is 0 Å². The molecule has 0 radical (unpaired) electrons. The second-order valence-corrected chi connectivity index (χ2v) is 4.05. The highest BCUT2D eigenvalue weighted by molar-refractivity contribution is 7.80. The van der Waals surface area contributed by atoms with Crippen molar-refractivity contribution >= 4 is 30.0 Å². The lowest BCUT2D eigenvalue weighted by atomic mass is 10.1. The van der Waals surface area contributed by atoms with Gasteiger partial charge in [-0.15, -0.1) is 24.2 Å². The molecule has 0 aliphatic rings. The van der Waals surface area contributed by atoms with Crippen molar-refractivity contribution in [1.82, 2.24) is 0 Å². The van der Waals surface area contributed by atoms with Gasteiger partial charge < -0.3 is 0 Å². The van der Waals surface area contributed by atoms with Crippen LogP contribution in [0.5, 0.6) is 0 Å². The van der Waals surface area contributed by atoms with Crippen molar-refractivity contribution in [2.75, 3.05) is 0 Å². The van der Waals surface area contributed by atoms with Gasteiger partial charge in [0.25, 0.3) is 0 Å². The summed E-state index contributed by atoms with van der Waals surface area (Å²) in [5.41, 5.74) is 1.59. The molecule has 1 unspecified atom stereocenters. The van der Waals surface area contributed by atoms with Crippen molar-refractivity contribution in [2.24, 2.45) is 0 Å². The normalized spacial score (nSPS) is 12.6.